The molecule has 0 fully saturated rings. The van der Waals surface area contributed by atoms with Gasteiger partial charge < -0.3 is 14.7 Å². The highest BCUT2D eigenvalue weighted by Gasteiger charge is 2.36. The van der Waals surface area contributed by atoms with E-state index in [0.717, 1.165) is 10.5 Å². The number of carboxylic acid groups (broad SMARTS) is 1. The number of fused-ring (bicyclic) bond motifs is 1. The Balaban J connectivity index is 2.02. The standard InChI is InChI=1S/C18H15Cl2NO4S/c1-25-14-4-2-3-13-17(14)26-15(8-16(22)23)18(24)21(13)9-10-5-6-11(19)12(20)7-10/h2-7,15H,8-9H2,1H3,(H,22,23). The summed E-state index contributed by atoms with van der Waals surface area (Å²) in [6.07, 6.45) is -0.265. The third-order valence-electron chi connectivity index (χ3n) is 3.96. The number of hydrogen-bond donors (Lipinski definition) is 1. The molecule has 8 heteroatoms. The third kappa shape index (κ3) is 3.77. The van der Waals surface area contributed by atoms with Gasteiger partial charge in [-0.25, -0.2) is 0 Å². The van der Waals surface area contributed by atoms with Crippen molar-refractivity contribution in [2.75, 3.05) is 12.0 Å². The predicted molar refractivity (Wildman–Crippen MR) is 103 cm³/mol. The van der Waals surface area contributed by atoms with Crippen LogP contribution in [0.1, 0.15) is 12.0 Å². The SMILES string of the molecule is COc1cccc2c1SC(CC(=O)O)C(=O)N2Cc1ccc(Cl)c(Cl)c1. The van der Waals surface area contributed by atoms with Crippen molar-refractivity contribution in [2.45, 2.75) is 23.1 Å². The van der Waals surface area contributed by atoms with E-state index in [1.807, 2.05) is 6.07 Å². The molecule has 26 heavy (non-hydrogen) atoms. The van der Waals surface area contributed by atoms with Crippen molar-refractivity contribution < 1.29 is 19.4 Å². The highest BCUT2D eigenvalue weighted by atomic mass is 35.5. The van der Waals surface area contributed by atoms with Crippen LogP contribution in [0, 0.1) is 0 Å². The Morgan fingerprint density at radius 1 is 1.27 bits per heavy atom. The summed E-state index contributed by atoms with van der Waals surface area (Å²) in [7, 11) is 1.54. The van der Waals surface area contributed by atoms with Gasteiger partial charge in [-0.2, -0.15) is 0 Å². The number of thioether (sulfide) groups is 1. The molecule has 0 spiro atoms. The maximum Gasteiger partial charge on any atom is 0.305 e. The summed E-state index contributed by atoms with van der Waals surface area (Å²) in [4.78, 5) is 26.4. The molecule has 1 atom stereocenters. The molecule has 2 aromatic carbocycles. The van der Waals surface area contributed by atoms with Crippen LogP contribution in [0.4, 0.5) is 5.69 Å². The first-order valence-corrected chi connectivity index (χ1v) is 9.35. The lowest BCUT2D eigenvalue weighted by atomic mass is 10.1. The Bertz CT molecular complexity index is 874. The Hall–Kier alpha value is -1.89. The van der Waals surface area contributed by atoms with Gasteiger partial charge >= 0.3 is 5.97 Å². The van der Waals surface area contributed by atoms with Crippen LogP contribution >= 0.6 is 35.0 Å². The zero-order valence-electron chi connectivity index (χ0n) is 13.7. The van der Waals surface area contributed by atoms with Crippen molar-refractivity contribution in [2.24, 2.45) is 0 Å². The zero-order chi connectivity index (χ0) is 18.8. The van der Waals surface area contributed by atoms with E-state index < -0.39 is 11.2 Å². The van der Waals surface area contributed by atoms with E-state index in [2.05, 4.69) is 0 Å². The molecule has 3 rings (SSSR count). The average Bonchev–Trinajstić information content (AvgIpc) is 2.60. The van der Waals surface area contributed by atoms with E-state index in [4.69, 9.17) is 33.0 Å². The molecule has 1 aliphatic heterocycles. The number of hydrogen-bond acceptors (Lipinski definition) is 4. The quantitative estimate of drug-likeness (QED) is 0.784. The normalized spacial score (nSPS) is 16.3. The lowest BCUT2D eigenvalue weighted by Crippen LogP contribution is -2.41. The molecule has 1 N–H and O–H groups in total. The number of aliphatic carboxylic acids is 1. The number of ether oxygens (including phenoxy) is 1. The van der Waals surface area contributed by atoms with Gasteiger partial charge in [0.05, 0.1) is 46.0 Å². The molecule has 0 aromatic heterocycles. The van der Waals surface area contributed by atoms with Crippen molar-refractivity contribution in [3.63, 3.8) is 0 Å². The van der Waals surface area contributed by atoms with Crippen molar-refractivity contribution in [1.82, 2.24) is 0 Å². The fraction of sp³-hybridized carbons (Fsp3) is 0.222. The van der Waals surface area contributed by atoms with Gasteiger partial charge in [0.25, 0.3) is 0 Å². The third-order valence-corrected chi connectivity index (χ3v) is 5.99. The van der Waals surface area contributed by atoms with Crippen LogP contribution < -0.4 is 9.64 Å². The average molecular weight is 412 g/mol. The Morgan fingerprint density at radius 2 is 2.04 bits per heavy atom. The fourth-order valence-electron chi connectivity index (χ4n) is 2.75. The van der Waals surface area contributed by atoms with Gasteiger partial charge in [-0.05, 0) is 29.8 Å². The first-order valence-electron chi connectivity index (χ1n) is 7.71. The second kappa shape index (κ2) is 7.78. The first kappa shape index (κ1) is 18.9. The molecule has 1 amide bonds. The Morgan fingerprint density at radius 3 is 2.69 bits per heavy atom. The van der Waals surface area contributed by atoms with E-state index in [1.165, 1.54) is 11.8 Å². The minimum atomic E-state index is -1.02. The molecule has 136 valence electrons. The van der Waals surface area contributed by atoms with Crippen LogP contribution in [0.5, 0.6) is 5.75 Å². The summed E-state index contributed by atoms with van der Waals surface area (Å²) in [5.41, 5.74) is 1.48. The number of carbonyl (C=O) groups is 2. The maximum absolute atomic E-state index is 12.9. The zero-order valence-corrected chi connectivity index (χ0v) is 16.1. The fourth-order valence-corrected chi connectivity index (χ4v) is 4.38. The number of nitrogens with zero attached hydrogens (tertiary/aromatic N) is 1. The summed E-state index contributed by atoms with van der Waals surface area (Å²) < 4.78 is 5.39. The molecular formula is C18H15Cl2NO4S. The minimum absolute atomic E-state index is 0.257. The van der Waals surface area contributed by atoms with Crippen molar-refractivity contribution in [1.29, 1.82) is 0 Å². The Kier molecular flexibility index (Phi) is 5.65. The molecule has 0 saturated heterocycles. The number of rotatable bonds is 5. The van der Waals surface area contributed by atoms with E-state index in [1.54, 1.807) is 42.3 Å². The summed E-state index contributed by atoms with van der Waals surface area (Å²) in [6.45, 7) is 0.257. The van der Waals surface area contributed by atoms with Crippen molar-refractivity contribution >= 4 is 52.5 Å². The highest BCUT2D eigenvalue weighted by Crippen LogP contribution is 2.46. The number of carboxylic acids is 1. The predicted octanol–water partition coefficient (Wildman–Crippen LogP) is 4.48. The van der Waals surface area contributed by atoms with Crippen LogP contribution in [0.15, 0.2) is 41.3 Å². The van der Waals surface area contributed by atoms with Gasteiger partial charge in [0, 0.05) is 0 Å². The molecular weight excluding hydrogens is 397 g/mol. The number of amides is 1. The van der Waals surface area contributed by atoms with Gasteiger partial charge in [0.15, 0.2) is 0 Å². The number of halogens is 2. The topological polar surface area (TPSA) is 66.8 Å². The monoisotopic (exact) mass is 411 g/mol. The molecule has 1 unspecified atom stereocenters. The molecule has 5 nitrogen and oxygen atoms in total. The minimum Gasteiger partial charge on any atom is -0.496 e. The largest absolute Gasteiger partial charge is 0.496 e. The molecule has 1 aliphatic rings. The van der Waals surface area contributed by atoms with Gasteiger partial charge in [-0.1, -0.05) is 35.3 Å². The number of carbonyl (C=O) groups excluding carboxylic acids is 1. The first-order chi connectivity index (χ1) is 12.4. The lowest BCUT2D eigenvalue weighted by molar-refractivity contribution is -0.138. The lowest BCUT2D eigenvalue weighted by Gasteiger charge is -2.34. The van der Waals surface area contributed by atoms with Crippen LogP contribution in [0.3, 0.4) is 0 Å². The summed E-state index contributed by atoms with van der Waals surface area (Å²) in [6, 6.07) is 10.6. The summed E-state index contributed by atoms with van der Waals surface area (Å²) in [5, 5.41) is 9.26. The van der Waals surface area contributed by atoms with E-state index in [0.29, 0.717) is 21.5 Å². The second-order valence-corrected chi connectivity index (χ2v) is 7.71. The van der Waals surface area contributed by atoms with Gasteiger partial charge in [0.2, 0.25) is 5.91 Å². The summed E-state index contributed by atoms with van der Waals surface area (Å²) >= 11 is 13.3. The molecule has 0 radical (unpaired) electrons. The second-order valence-electron chi connectivity index (χ2n) is 5.69. The van der Waals surface area contributed by atoms with Gasteiger partial charge in [-0.3, -0.25) is 9.59 Å². The van der Waals surface area contributed by atoms with Crippen LogP contribution in [-0.2, 0) is 16.1 Å². The van der Waals surface area contributed by atoms with Crippen LogP contribution in [0.2, 0.25) is 10.0 Å². The molecule has 1 heterocycles. The van der Waals surface area contributed by atoms with Crippen molar-refractivity contribution in [3.05, 3.63) is 52.0 Å². The summed E-state index contributed by atoms with van der Waals surface area (Å²) in [5.74, 6) is -0.678. The van der Waals surface area contributed by atoms with Crippen LogP contribution in [-0.4, -0.2) is 29.3 Å². The van der Waals surface area contributed by atoms with Gasteiger partial charge in [-0.15, -0.1) is 11.8 Å². The highest BCUT2D eigenvalue weighted by molar-refractivity contribution is 8.01. The van der Waals surface area contributed by atoms with Crippen molar-refractivity contribution in [3.8, 4) is 5.75 Å². The number of anilines is 1. The smallest absolute Gasteiger partial charge is 0.305 e. The molecule has 0 bridgehead atoms. The van der Waals surface area contributed by atoms with Gasteiger partial charge in [0.1, 0.15) is 5.75 Å². The molecule has 0 aliphatic carbocycles. The molecule has 2 aromatic rings. The van der Waals surface area contributed by atoms with E-state index in [-0.39, 0.29) is 18.9 Å². The van der Waals surface area contributed by atoms with E-state index in [9.17, 15) is 9.59 Å². The van der Waals surface area contributed by atoms with E-state index >= 15 is 0 Å². The number of methoxy groups -OCH3 is 1. The van der Waals surface area contributed by atoms with Crippen LogP contribution in [0.25, 0.3) is 0 Å². The maximum atomic E-state index is 12.9. The number of benzene rings is 2. The Labute approximate surface area is 164 Å². The molecule has 0 saturated carbocycles.